The fraction of sp³-hybridized carbons (Fsp3) is 0.846. The van der Waals surface area contributed by atoms with E-state index in [9.17, 15) is 28.4 Å². The van der Waals surface area contributed by atoms with Crippen molar-refractivity contribution in [3.05, 3.63) is 35.4 Å². The third kappa shape index (κ3) is 27.2. The first-order valence-corrected chi connectivity index (χ1v) is 31.1. The molecule has 1 aromatic rings. The van der Waals surface area contributed by atoms with E-state index in [1.54, 1.807) is 12.1 Å². The molecule has 1 aliphatic rings. The number of carbonyl (C=O) groups is 2. The van der Waals surface area contributed by atoms with E-state index in [0.717, 1.165) is 53.6 Å². The Balaban J connectivity index is 0.000000831. The number of ether oxygens (including phenoxy) is 2. The van der Waals surface area contributed by atoms with Crippen molar-refractivity contribution in [3.8, 4) is 0 Å². The highest BCUT2D eigenvalue weighted by Crippen LogP contribution is 2.76. The van der Waals surface area contributed by atoms with Gasteiger partial charge in [-0.15, -0.1) is 9.05 Å². The van der Waals surface area contributed by atoms with Crippen LogP contribution < -0.4 is 0 Å². The maximum absolute atomic E-state index is 13.9. The van der Waals surface area contributed by atoms with Crippen LogP contribution in [0.5, 0.6) is 0 Å². The Kier molecular flexibility index (Phi) is 40.8. The van der Waals surface area contributed by atoms with Gasteiger partial charge in [0, 0.05) is 52.3 Å². The molecule has 18 heteroatoms. The molecule has 3 atom stereocenters. The Morgan fingerprint density at radius 3 is 1.16 bits per heavy atom. The lowest BCUT2D eigenvalue weighted by Gasteiger charge is -2.38. The number of fused-ring (bicyclic) bond motifs is 1. The number of unbranched alkanes of at least 4 members (excludes halogenated alkanes) is 26. The van der Waals surface area contributed by atoms with Crippen molar-refractivity contribution >= 4 is 35.3 Å². The number of amides is 2. The minimum atomic E-state index is -4.73. The van der Waals surface area contributed by atoms with Crippen LogP contribution in [-0.4, -0.2) is 102 Å². The van der Waals surface area contributed by atoms with Crippen molar-refractivity contribution in [2.75, 3.05) is 74.6 Å². The molecule has 0 bridgehead atoms. The summed E-state index contributed by atoms with van der Waals surface area (Å²) in [7, 11) is -6.96. The summed E-state index contributed by atoms with van der Waals surface area (Å²) in [6.07, 6.45) is 38.3. The molecule has 408 valence electrons. The molecule has 1 heterocycles. The highest BCUT2D eigenvalue weighted by atomic mass is 31.2. The zero-order chi connectivity index (χ0) is 51.6. The molecule has 70 heavy (non-hydrogen) atoms. The van der Waals surface area contributed by atoms with Gasteiger partial charge < -0.3 is 32.7 Å². The van der Waals surface area contributed by atoms with Gasteiger partial charge >= 0.3 is 23.4 Å². The Morgan fingerprint density at radius 2 is 0.814 bits per heavy atom. The van der Waals surface area contributed by atoms with Gasteiger partial charge in [0.15, 0.2) is 0 Å². The molecule has 0 aromatic heterocycles. The SMILES string of the molecule is CCCCCCCCCCCCCCCCOCCCOP(=O)(OC)C(O)(CN1C(=O)c2ccccc2C1=O)P(=O)(OC)OC.CCCCCCCCCCCCCCCCOCCCO[P+](=O)OC. The standard InChI is InChI=1S/C32H55NO10P2.C20H42O4P/c1-5-6-7-8-9-10-11-12-13-14-15-16-17-20-24-42-25-21-26-43-45(38,41-4)32(36,44(37,39-2)40-3)27-33-30(34)28-22-18-19-23-29(28)31(33)35;1-3-4-5-6-7-8-9-10-11-12-13-14-15-16-18-23-19-17-20-24-25(21)22-2/h18-19,22-23,36H,5-17,20-21,24-27H2,1-4H3;3-20H2,1-2H3/q;+1. The Labute approximate surface area is 425 Å². The minimum absolute atomic E-state index is 0.0960. The van der Waals surface area contributed by atoms with E-state index in [-0.39, 0.29) is 17.7 Å². The maximum Gasteiger partial charge on any atom is 0.697 e. The van der Waals surface area contributed by atoms with Crippen LogP contribution in [-0.2, 0) is 50.3 Å². The molecule has 2 amide bonds. The highest BCUT2D eigenvalue weighted by Gasteiger charge is 2.66. The quantitative estimate of drug-likeness (QED) is 0.0369. The lowest BCUT2D eigenvalue weighted by Crippen LogP contribution is -2.46. The van der Waals surface area contributed by atoms with Crippen LogP contribution in [0.25, 0.3) is 0 Å². The average molecular weight is 1050 g/mol. The number of aliphatic hydroxyl groups is 1. The van der Waals surface area contributed by atoms with Crippen molar-refractivity contribution in [2.45, 2.75) is 212 Å². The van der Waals surface area contributed by atoms with E-state index < -0.39 is 46.9 Å². The largest absolute Gasteiger partial charge is 0.697 e. The molecular weight excluding hydrogens is 955 g/mol. The number of carbonyl (C=O) groups excluding carboxylic acids is 2. The number of β-amino-alcohol motifs (C(OH)–C–C–N with tert-alkyl or cyclic N) is 1. The van der Waals surface area contributed by atoms with E-state index in [1.165, 1.54) is 180 Å². The van der Waals surface area contributed by atoms with Crippen LogP contribution in [0.2, 0.25) is 0 Å². The average Bonchev–Trinajstić information content (AvgIpc) is 3.61. The second-order valence-corrected chi connectivity index (χ2v) is 24.5. The molecule has 1 N–H and O–H groups in total. The normalized spacial score (nSPS) is 14.6. The maximum atomic E-state index is 13.9. The molecule has 3 unspecified atom stereocenters. The second-order valence-electron chi connectivity index (χ2n) is 18.3. The summed E-state index contributed by atoms with van der Waals surface area (Å²) < 4.78 is 79.6. The van der Waals surface area contributed by atoms with Crippen LogP contribution in [0.3, 0.4) is 0 Å². The predicted molar refractivity (Wildman–Crippen MR) is 281 cm³/mol. The van der Waals surface area contributed by atoms with Crippen molar-refractivity contribution < 1.29 is 65.0 Å². The number of hydrogen-bond acceptors (Lipinski definition) is 14. The predicted octanol–water partition coefficient (Wildman–Crippen LogP) is 15.4. The topological polar surface area (TPSA) is 183 Å². The molecule has 0 fully saturated rings. The molecule has 0 spiro atoms. The van der Waals surface area contributed by atoms with E-state index in [2.05, 4.69) is 18.4 Å². The molecule has 0 saturated heterocycles. The minimum Gasteiger partial charge on any atom is -0.381 e. The van der Waals surface area contributed by atoms with Crippen molar-refractivity contribution in [1.29, 1.82) is 0 Å². The molecule has 15 nitrogen and oxygen atoms in total. The lowest BCUT2D eigenvalue weighted by molar-refractivity contribution is 0.0450. The summed E-state index contributed by atoms with van der Waals surface area (Å²) in [5.74, 6) is -1.51. The van der Waals surface area contributed by atoms with Gasteiger partial charge in [-0.3, -0.25) is 23.6 Å². The van der Waals surface area contributed by atoms with Crippen molar-refractivity contribution in [1.82, 2.24) is 4.90 Å². The molecule has 0 aliphatic carbocycles. The zero-order valence-corrected chi connectivity index (χ0v) is 47.2. The third-order valence-corrected chi connectivity index (χ3v) is 18.8. The molecule has 2 rings (SSSR count). The van der Waals surface area contributed by atoms with Crippen LogP contribution in [0.4, 0.5) is 0 Å². The van der Waals surface area contributed by atoms with Crippen LogP contribution in [0, 0.1) is 0 Å². The van der Waals surface area contributed by atoms with Gasteiger partial charge in [-0.05, 0) is 37.8 Å². The fourth-order valence-electron chi connectivity index (χ4n) is 8.29. The van der Waals surface area contributed by atoms with E-state index in [4.69, 9.17) is 32.1 Å². The summed E-state index contributed by atoms with van der Waals surface area (Å²) in [6.45, 7) is 6.18. The second kappa shape index (κ2) is 42.9. The van der Waals surface area contributed by atoms with E-state index in [0.29, 0.717) is 37.7 Å². The summed E-state index contributed by atoms with van der Waals surface area (Å²) in [5.41, 5.74) is 0.192. The van der Waals surface area contributed by atoms with Gasteiger partial charge in [0.25, 0.3) is 16.9 Å². The highest BCUT2D eigenvalue weighted by molar-refractivity contribution is 7.73. The third-order valence-electron chi connectivity index (χ3n) is 12.6. The van der Waals surface area contributed by atoms with Crippen LogP contribution in [0.1, 0.15) is 227 Å². The molecule has 0 radical (unpaired) electrons. The first-order chi connectivity index (χ1) is 34.0. The first-order valence-electron chi connectivity index (χ1n) is 26.9. The Bertz CT molecular complexity index is 1550. The lowest BCUT2D eigenvalue weighted by atomic mass is 10.0. The fourth-order valence-corrected chi connectivity index (χ4v) is 13.1. The monoisotopic (exact) mass is 1050 g/mol. The number of rotatable bonds is 48. The van der Waals surface area contributed by atoms with Gasteiger partial charge in [-0.1, -0.05) is 193 Å². The summed E-state index contributed by atoms with van der Waals surface area (Å²) in [4.78, 5) is 26.6. The summed E-state index contributed by atoms with van der Waals surface area (Å²) >= 11 is 0. The molecular formula is C52H97NO14P3+. The van der Waals surface area contributed by atoms with Gasteiger partial charge in [0.05, 0.1) is 31.4 Å². The van der Waals surface area contributed by atoms with E-state index >= 15 is 0 Å². The summed E-state index contributed by atoms with van der Waals surface area (Å²) in [6, 6.07) is 6.07. The molecule has 1 aliphatic heterocycles. The first kappa shape index (κ1) is 66.6. The smallest absolute Gasteiger partial charge is 0.381 e. The zero-order valence-electron chi connectivity index (χ0n) is 44.5. The number of nitrogens with zero attached hydrogens (tertiary/aromatic N) is 1. The van der Waals surface area contributed by atoms with Gasteiger partial charge in [-0.2, -0.15) is 0 Å². The number of benzene rings is 1. The molecule has 0 saturated carbocycles. The van der Waals surface area contributed by atoms with Crippen molar-refractivity contribution in [2.24, 2.45) is 0 Å². The van der Waals surface area contributed by atoms with Gasteiger partial charge in [0.1, 0.15) is 6.61 Å². The Hall–Kier alpha value is -1.44. The number of hydrogen-bond donors (Lipinski definition) is 1. The van der Waals surface area contributed by atoms with Crippen molar-refractivity contribution in [3.63, 3.8) is 0 Å². The van der Waals surface area contributed by atoms with Gasteiger partial charge in [0.2, 0.25) is 0 Å². The number of imide groups is 1. The van der Waals surface area contributed by atoms with Crippen LogP contribution in [0.15, 0.2) is 24.3 Å². The van der Waals surface area contributed by atoms with E-state index in [1.807, 2.05) is 0 Å². The summed E-state index contributed by atoms with van der Waals surface area (Å²) in [5, 5.41) is 8.67. The molecule has 1 aromatic carbocycles. The Morgan fingerprint density at radius 1 is 0.486 bits per heavy atom. The van der Waals surface area contributed by atoms with Gasteiger partial charge in [-0.25, -0.2) is 0 Å². The van der Waals surface area contributed by atoms with Crippen LogP contribution >= 0.6 is 23.4 Å².